The van der Waals surface area contributed by atoms with Crippen LogP contribution < -0.4 is 11.3 Å². The van der Waals surface area contributed by atoms with Crippen molar-refractivity contribution in [1.29, 1.82) is 0 Å². The first-order valence-electron chi connectivity index (χ1n) is 4.95. The van der Waals surface area contributed by atoms with E-state index < -0.39 is 0 Å². The number of rotatable bonds is 4. The number of hydrogen-bond donors (Lipinski definition) is 2. The zero-order valence-corrected chi connectivity index (χ0v) is 9.36. The number of nitrogens with two attached hydrogens (primary N) is 1. The summed E-state index contributed by atoms with van der Waals surface area (Å²) in [6, 6.07) is 5.19. The molecule has 5 nitrogen and oxygen atoms in total. The topological polar surface area (TPSA) is 76.7 Å². The second kappa shape index (κ2) is 5.87. The van der Waals surface area contributed by atoms with Crippen LogP contribution in [0.1, 0.15) is 22.8 Å². The fourth-order valence-corrected chi connectivity index (χ4v) is 1.20. The number of benzene rings is 1. The van der Waals surface area contributed by atoms with E-state index in [-0.39, 0.29) is 5.97 Å². The van der Waals surface area contributed by atoms with Crippen LogP contribution in [0, 0.1) is 6.92 Å². The molecular formula is C11H15N3O2. The highest BCUT2D eigenvalue weighted by molar-refractivity contribution is 5.90. The maximum absolute atomic E-state index is 11.5. The highest BCUT2D eigenvalue weighted by atomic mass is 16.5. The van der Waals surface area contributed by atoms with Crippen molar-refractivity contribution in [2.45, 2.75) is 13.8 Å². The molecule has 0 saturated carbocycles. The number of nitrogens with zero attached hydrogens (tertiary/aromatic N) is 1. The normalized spacial score (nSPS) is 10.4. The maximum Gasteiger partial charge on any atom is 0.338 e. The minimum atomic E-state index is -0.348. The number of aryl methyl sites for hydroxylation is 1. The van der Waals surface area contributed by atoms with E-state index in [1.54, 1.807) is 19.1 Å². The van der Waals surface area contributed by atoms with Gasteiger partial charge in [-0.05, 0) is 31.5 Å². The van der Waals surface area contributed by atoms with E-state index >= 15 is 0 Å². The Balaban J connectivity index is 2.97. The SMILES string of the molecule is CCOC(=O)c1ccc(C)c(N=CNN)c1. The second-order valence-corrected chi connectivity index (χ2v) is 3.15. The molecule has 0 aliphatic rings. The molecule has 0 amide bonds. The van der Waals surface area contributed by atoms with Crippen molar-refractivity contribution in [3.8, 4) is 0 Å². The van der Waals surface area contributed by atoms with Crippen LogP contribution in [0.25, 0.3) is 0 Å². The maximum atomic E-state index is 11.5. The van der Waals surface area contributed by atoms with Crippen LogP contribution >= 0.6 is 0 Å². The van der Waals surface area contributed by atoms with Gasteiger partial charge in [0.25, 0.3) is 0 Å². The van der Waals surface area contributed by atoms with Gasteiger partial charge in [-0.2, -0.15) is 0 Å². The Morgan fingerprint density at radius 3 is 3.00 bits per heavy atom. The Labute approximate surface area is 94.3 Å². The van der Waals surface area contributed by atoms with Crippen LogP contribution in [0.15, 0.2) is 23.2 Å². The summed E-state index contributed by atoms with van der Waals surface area (Å²) in [5, 5.41) is 0. The van der Waals surface area contributed by atoms with Gasteiger partial charge >= 0.3 is 5.97 Å². The van der Waals surface area contributed by atoms with Gasteiger partial charge in [-0.3, -0.25) is 0 Å². The predicted octanol–water partition coefficient (Wildman–Crippen LogP) is 1.29. The lowest BCUT2D eigenvalue weighted by Gasteiger charge is -2.04. The molecule has 1 rings (SSSR count). The van der Waals surface area contributed by atoms with Crippen LogP contribution in [0.4, 0.5) is 5.69 Å². The summed E-state index contributed by atoms with van der Waals surface area (Å²) in [4.78, 5) is 15.5. The van der Waals surface area contributed by atoms with Crippen LogP contribution in [-0.4, -0.2) is 18.9 Å². The Morgan fingerprint density at radius 1 is 1.62 bits per heavy atom. The molecule has 0 heterocycles. The lowest BCUT2D eigenvalue weighted by atomic mass is 10.1. The van der Waals surface area contributed by atoms with Crippen molar-refractivity contribution in [1.82, 2.24) is 5.43 Å². The molecule has 0 radical (unpaired) electrons. The lowest BCUT2D eigenvalue weighted by Crippen LogP contribution is -2.18. The summed E-state index contributed by atoms with van der Waals surface area (Å²) < 4.78 is 4.90. The van der Waals surface area contributed by atoms with Crippen molar-refractivity contribution >= 4 is 18.0 Å². The molecule has 16 heavy (non-hydrogen) atoms. The highest BCUT2D eigenvalue weighted by Gasteiger charge is 2.07. The average molecular weight is 221 g/mol. The average Bonchev–Trinajstić information content (AvgIpc) is 2.28. The largest absolute Gasteiger partial charge is 0.462 e. The van der Waals surface area contributed by atoms with Gasteiger partial charge in [0, 0.05) is 0 Å². The third-order valence-corrected chi connectivity index (χ3v) is 2.00. The van der Waals surface area contributed by atoms with Crippen LogP contribution in [0.2, 0.25) is 0 Å². The molecule has 1 aromatic rings. The minimum absolute atomic E-state index is 0.348. The fourth-order valence-electron chi connectivity index (χ4n) is 1.20. The van der Waals surface area contributed by atoms with Gasteiger partial charge < -0.3 is 10.2 Å². The van der Waals surface area contributed by atoms with Crippen molar-refractivity contribution in [2.75, 3.05) is 6.61 Å². The zero-order chi connectivity index (χ0) is 12.0. The zero-order valence-electron chi connectivity index (χ0n) is 9.36. The molecule has 0 saturated heterocycles. The molecule has 0 unspecified atom stereocenters. The van der Waals surface area contributed by atoms with E-state index in [0.29, 0.717) is 17.9 Å². The summed E-state index contributed by atoms with van der Waals surface area (Å²) in [5.41, 5.74) is 4.43. The summed E-state index contributed by atoms with van der Waals surface area (Å²) in [6.07, 6.45) is 1.36. The Bertz CT molecular complexity index is 402. The molecule has 0 aliphatic carbocycles. The van der Waals surface area contributed by atoms with Crippen molar-refractivity contribution in [3.05, 3.63) is 29.3 Å². The molecule has 0 aromatic heterocycles. The summed E-state index contributed by atoms with van der Waals surface area (Å²) in [6.45, 7) is 4.03. The summed E-state index contributed by atoms with van der Waals surface area (Å²) in [7, 11) is 0. The third-order valence-electron chi connectivity index (χ3n) is 2.00. The first-order chi connectivity index (χ1) is 7.69. The Kier molecular flexibility index (Phi) is 4.47. The summed E-state index contributed by atoms with van der Waals surface area (Å²) in [5.74, 6) is 4.73. The van der Waals surface area contributed by atoms with Gasteiger partial charge in [-0.1, -0.05) is 6.07 Å². The molecule has 0 spiro atoms. The number of carbonyl (C=O) groups is 1. The monoisotopic (exact) mass is 221 g/mol. The Morgan fingerprint density at radius 2 is 2.38 bits per heavy atom. The first-order valence-corrected chi connectivity index (χ1v) is 4.95. The molecule has 0 fully saturated rings. The van der Waals surface area contributed by atoms with E-state index in [0.717, 1.165) is 5.56 Å². The highest BCUT2D eigenvalue weighted by Crippen LogP contribution is 2.20. The van der Waals surface area contributed by atoms with E-state index in [2.05, 4.69) is 10.4 Å². The number of carbonyl (C=O) groups excluding carboxylic acids is 1. The van der Waals surface area contributed by atoms with Gasteiger partial charge in [0.15, 0.2) is 0 Å². The quantitative estimate of drug-likeness (QED) is 0.264. The molecule has 1 aromatic carbocycles. The van der Waals surface area contributed by atoms with Crippen molar-refractivity contribution < 1.29 is 9.53 Å². The van der Waals surface area contributed by atoms with Gasteiger partial charge in [-0.15, -0.1) is 0 Å². The number of ether oxygens (including phenoxy) is 1. The molecular weight excluding hydrogens is 206 g/mol. The number of esters is 1. The van der Waals surface area contributed by atoms with Gasteiger partial charge in [0.05, 0.1) is 17.9 Å². The van der Waals surface area contributed by atoms with Crippen LogP contribution in [-0.2, 0) is 4.74 Å². The minimum Gasteiger partial charge on any atom is -0.462 e. The van der Waals surface area contributed by atoms with Crippen molar-refractivity contribution in [2.24, 2.45) is 10.8 Å². The van der Waals surface area contributed by atoms with Crippen LogP contribution in [0.3, 0.4) is 0 Å². The third kappa shape index (κ3) is 3.06. The van der Waals surface area contributed by atoms with Gasteiger partial charge in [0.2, 0.25) is 0 Å². The van der Waals surface area contributed by atoms with Gasteiger partial charge in [-0.25, -0.2) is 15.6 Å². The van der Waals surface area contributed by atoms with E-state index in [9.17, 15) is 4.79 Å². The number of hydrogen-bond acceptors (Lipinski definition) is 4. The number of hydrazine groups is 1. The van der Waals surface area contributed by atoms with Crippen LogP contribution in [0.5, 0.6) is 0 Å². The number of nitrogens with one attached hydrogen (secondary N) is 1. The standard InChI is InChI=1S/C11H15N3O2/c1-3-16-11(15)9-5-4-8(2)10(6-9)13-7-14-12/h4-7H,3,12H2,1-2H3,(H,13,14). The van der Waals surface area contributed by atoms with E-state index in [1.807, 2.05) is 13.0 Å². The summed E-state index contributed by atoms with van der Waals surface area (Å²) >= 11 is 0. The first kappa shape index (κ1) is 12.2. The smallest absolute Gasteiger partial charge is 0.338 e. The fraction of sp³-hybridized carbons (Fsp3) is 0.273. The Hall–Kier alpha value is -1.88. The molecule has 0 bridgehead atoms. The molecule has 0 aliphatic heterocycles. The molecule has 86 valence electrons. The van der Waals surface area contributed by atoms with E-state index in [4.69, 9.17) is 10.6 Å². The van der Waals surface area contributed by atoms with E-state index in [1.165, 1.54) is 6.34 Å². The predicted molar refractivity (Wildman–Crippen MR) is 62.6 cm³/mol. The molecule has 5 heteroatoms. The number of aliphatic imine (C=N–C) groups is 1. The van der Waals surface area contributed by atoms with Crippen molar-refractivity contribution in [3.63, 3.8) is 0 Å². The molecule has 0 atom stereocenters. The lowest BCUT2D eigenvalue weighted by molar-refractivity contribution is 0.0526. The second-order valence-electron chi connectivity index (χ2n) is 3.15. The molecule has 3 N–H and O–H groups in total. The van der Waals surface area contributed by atoms with Gasteiger partial charge in [0.1, 0.15) is 6.34 Å².